The zero-order valence-electron chi connectivity index (χ0n) is 12.4. The number of anilines is 1. The first-order chi connectivity index (χ1) is 9.02. The van der Waals surface area contributed by atoms with Crippen LogP contribution in [-0.4, -0.2) is 37.5 Å². The van der Waals surface area contributed by atoms with Gasteiger partial charge in [0.2, 0.25) is 5.91 Å². The molecule has 0 spiro atoms. The van der Waals surface area contributed by atoms with E-state index in [1.807, 2.05) is 18.0 Å². The van der Waals surface area contributed by atoms with Crippen LogP contribution in [0.4, 0.5) is 5.69 Å². The molecule has 0 bridgehead atoms. The summed E-state index contributed by atoms with van der Waals surface area (Å²) in [5.74, 6) is 0.222. The van der Waals surface area contributed by atoms with Gasteiger partial charge in [0.1, 0.15) is 0 Å². The van der Waals surface area contributed by atoms with Crippen molar-refractivity contribution in [1.29, 1.82) is 0 Å². The predicted molar refractivity (Wildman–Crippen MR) is 79.6 cm³/mol. The Kier molecular flexibility index (Phi) is 4.25. The van der Waals surface area contributed by atoms with Gasteiger partial charge >= 0.3 is 0 Å². The second-order valence-corrected chi connectivity index (χ2v) is 5.63. The van der Waals surface area contributed by atoms with Gasteiger partial charge in [-0.1, -0.05) is 24.6 Å². The number of likely N-dealkylation sites (N-methyl/N-ethyl adjacent to an activating group) is 2. The standard InChI is InChI=1S/C16H24N2O/c1-12-8-7-9-13(2)15(12)18(4)16(19)14-10-5-6-11-17(14)3/h7-9,14H,5-6,10-11H2,1-4H3. The summed E-state index contributed by atoms with van der Waals surface area (Å²) in [4.78, 5) is 16.7. The van der Waals surface area contributed by atoms with Crippen molar-refractivity contribution in [3.63, 3.8) is 0 Å². The fourth-order valence-electron chi connectivity index (χ4n) is 3.06. The van der Waals surface area contributed by atoms with Crippen molar-refractivity contribution < 1.29 is 4.79 Å². The molecule has 1 aliphatic rings. The first kappa shape index (κ1) is 14.1. The average molecular weight is 260 g/mol. The van der Waals surface area contributed by atoms with Crippen LogP contribution in [0.5, 0.6) is 0 Å². The first-order valence-corrected chi connectivity index (χ1v) is 7.06. The molecule has 3 nitrogen and oxygen atoms in total. The topological polar surface area (TPSA) is 23.6 Å². The van der Waals surface area contributed by atoms with E-state index in [1.165, 1.54) is 6.42 Å². The van der Waals surface area contributed by atoms with Crippen molar-refractivity contribution in [2.45, 2.75) is 39.2 Å². The lowest BCUT2D eigenvalue weighted by Crippen LogP contribution is -2.48. The third kappa shape index (κ3) is 2.81. The van der Waals surface area contributed by atoms with Crippen molar-refractivity contribution in [3.05, 3.63) is 29.3 Å². The smallest absolute Gasteiger partial charge is 0.244 e. The molecule has 1 aromatic carbocycles. The number of amides is 1. The number of nitrogens with zero attached hydrogens (tertiary/aromatic N) is 2. The Labute approximate surface area is 116 Å². The minimum Gasteiger partial charge on any atom is -0.314 e. The van der Waals surface area contributed by atoms with Crippen LogP contribution in [0.3, 0.4) is 0 Å². The van der Waals surface area contributed by atoms with E-state index < -0.39 is 0 Å². The quantitative estimate of drug-likeness (QED) is 0.816. The van der Waals surface area contributed by atoms with Crippen LogP contribution in [0.25, 0.3) is 0 Å². The van der Waals surface area contributed by atoms with Gasteiger partial charge in [-0.3, -0.25) is 9.69 Å². The monoisotopic (exact) mass is 260 g/mol. The highest BCUT2D eigenvalue weighted by molar-refractivity contribution is 5.98. The number of hydrogen-bond donors (Lipinski definition) is 0. The summed E-state index contributed by atoms with van der Waals surface area (Å²) < 4.78 is 0. The highest BCUT2D eigenvalue weighted by atomic mass is 16.2. The fraction of sp³-hybridized carbons (Fsp3) is 0.562. The second kappa shape index (κ2) is 5.74. The Hall–Kier alpha value is -1.35. The molecule has 0 N–H and O–H groups in total. The molecular formula is C16H24N2O. The number of rotatable bonds is 2. The summed E-state index contributed by atoms with van der Waals surface area (Å²) in [5, 5.41) is 0. The number of hydrogen-bond acceptors (Lipinski definition) is 2. The van der Waals surface area contributed by atoms with Gasteiger partial charge in [-0.2, -0.15) is 0 Å². The molecule has 2 rings (SSSR count). The van der Waals surface area contributed by atoms with Gasteiger partial charge in [0.05, 0.1) is 6.04 Å². The maximum atomic E-state index is 12.7. The van der Waals surface area contributed by atoms with E-state index in [4.69, 9.17) is 0 Å². The minimum atomic E-state index is 0.0396. The van der Waals surface area contributed by atoms with Crippen LogP contribution in [0.2, 0.25) is 0 Å². The molecule has 1 amide bonds. The fourth-order valence-corrected chi connectivity index (χ4v) is 3.06. The summed E-state index contributed by atoms with van der Waals surface area (Å²) in [6, 6.07) is 6.21. The predicted octanol–water partition coefficient (Wildman–Crippen LogP) is 2.75. The highest BCUT2D eigenvalue weighted by Gasteiger charge is 2.29. The third-order valence-corrected chi connectivity index (χ3v) is 4.16. The number of carbonyl (C=O) groups is 1. The molecule has 0 saturated carbocycles. The van der Waals surface area contributed by atoms with E-state index in [2.05, 4.69) is 37.9 Å². The molecule has 1 unspecified atom stereocenters. The van der Waals surface area contributed by atoms with Gasteiger partial charge in [0.25, 0.3) is 0 Å². The molecule has 1 saturated heterocycles. The maximum absolute atomic E-state index is 12.7. The molecule has 0 aliphatic carbocycles. The molecule has 0 aromatic heterocycles. The number of likely N-dealkylation sites (tertiary alicyclic amines) is 1. The van der Waals surface area contributed by atoms with Gasteiger partial charge in [0, 0.05) is 12.7 Å². The van der Waals surface area contributed by atoms with Gasteiger partial charge in [0.15, 0.2) is 0 Å². The molecule has 1 aliphatic heterocycles. The van der Waals surface area contributed by atoms with Crippen molar-refractivity contribution in [2.24, 2.45) is 0 Å². The van der Waals surface area contributed by atoms with Crippen LogP contribution < -0.4 is 4.90 Å². The number of benzene rings is 1. The zero-order valence-corrected chi connectivity index (χ0v) is 12.4. The van der Waals surface area contributed by atoms with E-state index in [1.54, 1.807) is 0 Å². The highest BCUT2D eigenvalue weighted by Crippen LogP contribution is 2.26. The number of carbonyl (C=O) groups excluding carboxylic acids is 1. The Balaban J connectivity index is 2.23. The maximum Gasteiger partial charge on any atom is 0.244 e. The Morgan fingerprint density at radius 1 is 1.26 bits per heavy atom. The second-order valence-electron chi connectivity index (χ2n) is 5.63. The van der Waals surface area contributed by atoms with Crippen LogP contribution >= 0.6 is 0 Å². The van der Waals surface area contributed by atoms with Crippen molar-refractivity contribution in [1.82, 2.24) is 4.90 Å². The molecule has 104 valence electrons. The average Bonchev–Trinajstić information content (AvgIpc) is 2.38. The zero-order chi connectivity index (χ0) is 14.0. The summed E-state index contributed by atoms with van der Waals surface area (Å²) >= 11 is 0. The van der Waals surface area contributed by atoms with E-state index in [0.717, 1.165) is 36.2 Å². The molecule has 1 aromatic rings. The molecule has 1 fully saturated rings. The minimum absolute atomic E-state index is 0.0396. The molecule has 0 radical (unpaired) electrons. The first-order valence-electron chi connectivity index (χ1n) is 7.06. The number of piperidine rings is 1. The number of aryl methyl sites for hydroxylation is 2. The molecule has 1 heterocycles. The van der Waals surface area contributed by atoms with Gasteiger partial charge in [-0.25, -0.2) is 0 Å². The van der Waals surface area contributed by atoms with E-state index in [0.29, 0.717) is 0 Å². The van der Waals surface area contributed by atoms with E-state index in [-0.39, 0.29) is 11.9 Å². The van der Waals surface area contributed by atoms with Crippen LogP contribution in [0, 0.1) is 13.8 Å². The Morgan fingerprint density at radius 3 is 2.47 bits per heavy atom. The van der Waals surface area contributed by atoms with E-state index in [9.17, 15) is 4.79 Å². The van der Waals surface area contributed by atoms with Crippen molar-refractivity contribution in [3.8, 4) is 0 Å². The lowest BCUT2D eigenvalue weighted by atomic mass is 10.0. The normalized spacial score (nSPS) is 20.3. The Bertz CT molecular complexity index is 450. The van der Waals surface area contributed by atoms with Crippen LogP contribution in [0.15, 0.2) is 18.2 Å². The Morgan fingerprint density at radius 2 is 1.89 bits per heavy atom. The molecule has 1 atom stereocenters. The van der Waals surface area contributed by atoms with Gasteiger partial charge < -0.3 is 4.90 Å². The van der Waals surface area contributed by atoms with Gasteiger partial charge in [-0.15, -0.1) is 0 Å². The van der Waals surface area contributed by atoms with Crippen molar-refractivity contribution >= 4 is 11.6 Å². The lowest BCUT2D eigenvalue weighted by molar-refractivity contribution is -0.124. The van der Waals surface area contributed by atoms with E-state index >= 15 is 0 Å². The summed E-state index contributed by atoms with van der Waals surface area (Å²) in [6.07, 6.45) is 3.33. The summed E-state index contributed by atoms with van der Waals surface area (Å²) in [7, 11) is 3.96. The third-order valence-electron chi connectivity index (χ3n) is 4.16. The van der Waals surface area contributed by atoms with Crippen LogP contribution in [0.1, 0.15) is 30.4 Å². The number of para-hydroxylation sites is 1. The SMILES string of the molecule is Cc1cccc(C)c1N(C)C(=O)C1CCCCN1C. The molecular weight excluding hydrogens is 236 g/mol. The summed E-state index contributed by atoms with van der Waals surface area (Å²) in [5.41, 5.74) is 3.38. The van der Waals surface area contributed by atoms with Gasteiger partial charge in [-0.05, 0) is 51.4 Å². The van der Waals surface area contributed by atoms with Crippen molar-refractivity contribution in [2.75, 3.05) is 25.5 Å². The lowest BCUT2D eigenvalue weighted by Gasteiger charge is -2.34. The largest absolute Gasteiger partial charge is 0.314 e. The van der Waals surface area contributed by atoms with Crippen LogP contribution in [-0.2, 0) is 4.79 Å². The molecule has 3 heteroatoms. The molecule has 19 heavy (non-hydrogen) atoms. The summed E-state index contributed by atoms with van der Waals surface area (Å²) in [6.45, 7) is 5.16.